The van der Waals surface area contributed by atoms with E-state index in [1.54, 1.807) is 18.2 Å². The van der Waals surface area contributed by atoms with Crippen LogP contribution in [0.2, 0.25) is 10.6 Å². The summed E-state index contributed by atoms with van der Waals surface area (Å²) in [5.74, 6) is 0.513. The number of ether oxygens (including phenoxy) is 1. The van der Waals surface area contributed by atoms with Crippen molar-refractivity contribution in [3.8, 4) is 0 Å². The van der Waals surface area contributed by atoms with Gasteiger partial charge in [0.2, 0.25) is 0 Å². The summed E-state index contributed by atoms with van der Waals surface area (Å²) in [6.07, 6.45) is 0.665. The van der Waals surface area contributed by atoms with Crippen molar-refractivity contribution in [3.63, 3.8) is 0 Å². The molecule has 0 aromatic heterocycles. The Labute approximate surface area is 153 Å². The minimum atomic E-state index is -3.68. The topological polar surface area (TPSA) is 110 Å². The van der Waals surface area contributed by atoms with Crippen LogP contribution >= 0.6 is 11.8 Å². The van der Waals surface area contributed by atoms with Crippen LogP contribution in [0.15, 0.2) is 46.7 Å². The number of rotatable bonds is 12. The van der Waals surface area contributed by atoms with Gasteiger partial charge in [0, 0.05) is 0 Å². The summed E-state index contributed by atoms with van der Waals surface area (Å²) in [5, 5.41) is 26.0. The zero-order chi connectivity index (χ0) is 18.0. The number of aliphatic hydroxyl groups excluding tert-OH is 2. The molecule has 24 heavy (non-hydrogen) atoms. The van der Waals surface area contributed by atoms with Crippen molar-refractivity contribution in [1.29, 1.82) is 0 Å². The van der Waals surface area contributed by atoms with Crippen molar-refractivity contribution in [1.82, 2.24) is 0 Å². The molecule has 0 aliphatic heterocycles. The van der Waals surface area contributed by atoms with Gasteiger partial charge in [0.05, 0.1) is 0 Å². The quantitative estimate of drug-likeness (QED) is 0.193. The summed E-state index contributed by atoms with van der Waals surface area (Å²) in [4.78, 5) is 0.940. The predicted octanol–water partition coefficient (Wildman–Crippen LogP) is 0.891. The number of sulfonamides is 1. The van der Waals surface area contributed by atoms with Crippen molar-refractivity contribution in [3.05, 3.63) is 36.9 Å². The molecule has 6 nitrogen and oxygen atoms in total. The zero-order valence-corrected chi connectivity index (χ0v) is 16.6. The van der Waals surface area contributed by atoms with Gasteiger partial charge in [0.25, 0.3) is 0 Å². The van der Waals surface area contributed by atoms with Crippen LogP contribution in [-0.2, 0) is 14.8 Å². The third-order valence-electron chi connectivity index (χ3n) is 2.76. The average Bonchev–Trinajstić information content (AvgIpc) is 2.53. The number of primary sulfonamides is 1. The van der Waals surface area contributed by atoms with E-state index < -0.39 is 22.2 Å². The Bertz CT molecular complexity index is 594. The predicted molar refractivity (Wildman–Crippen MR) is 96.9 cm³/mol. The molecule has 2 unspecified atom stereocenters. The molecule has 0 aliphatic rings. The Morgan fingerprint density at radius 3 is 2.46 bits per heavy atom. The molecule has 0 radical (unpaired) electrons. The van der Waals surface area contributed by atoms with E-state index in [1.807, 2.05) is 0 Å². The third kappa shape index (κ3) is 9.19. The first-order valence-electron chi connectivity index (χ1n) is 7.21. The summed E-state index contributed by atoms with van der Waals surface area (Å²) >= 11 is 1.58. The van der Waals surface area contributed by atoms with Crippen LogP contribution in [0.4, 0.5) is 0 Å². The maximum absolute atomic E-state index is 11.2. The Morgan fingerprint density at radius 1 is 1.25 bits per heavy atom. The third-order valence-corrected chi connectivity index (χ3v) is 7.45. The molecule has 9 heteroatoms. The molecule has 0 fully saturated rings. The first kappa shape index (κ1) is 21.7. The van der Waals surface area contributed by atoms with Gasteiger partial charge in [0.1, 0.15) is 0 Å². The van der Waals surface area contributed by atoms with E-state index in [2.05, 4.69) is 6.58 Å². The second-order valence-corrected chi connectivity index (χ2v) is 9.91. The number of benzene rings is 1. The second kappa shape index (κ2) is 11.3. The molecule has 1 aromatic rings. The Hall–Kier alpha value is -0.381. The second-order valence-electron chi connectivity index (χ2n) is 5.00. The molecular formula is C15H23NO5S2Se. The SMILES string of the molecule is C=CCOCC(O)C[Se]CC(O)CSc1ccc(S(N)(=O)=O)cc1. The number of nitrogens with two attached hydrogens (primary N) is 1. The van der Waals surface area contributed by atoms with E-state index in [0.717, 1.165) is 4.90 Å². The molecule has 1 rings (SSSR count). The van der Waals surface area contributed by atoms with E-state index in [0.29, 0.717) is 23.0 Å². The molecule has 0 spiro atoms. The summed E-state index contributed by atoms with van der Waals surface area (Å²) in [5.41, 5.74) is 0. The molecule has 136 valence electrons. The van der Waals surface area contributed by atoms with Gasteiger partial charge in [-0.2, -0.15) is 0 Å². The average molecular weight is 440 g/mol. The summed E-state index contributed by atoms with van der Waals surface area (Å²) in [7, 11) is -3.68. The van der Waals surface area contributed by atoms with E-state index in [4.69, 9.17) is 9.88 Å². The van der Waals surface area contributed by atoms with Gasteiger partial charge in [-0.25, -0.2) is 0 Å². The van der Waals surface area contributed by atoms with Crippen molar-refractivity contribution in [2.24, 2.45) is 5.14 Å². The Balaban J connectivity index is 2.24. The fourth-order valence-electron chi connectivity index (χ4n) is 1.64. The number of aliphatic hydroxyl groups is 2. The van der Waals surface area contributed by atoms with Crippen LogP contribution in [0.25, 0.3) is 0 Å². The Kier molecular flexibility index (Phi) is 10.2. The van der Waals surface area contributed by atoms with E-state index in [-0.39, 0.29) is 26.5 Å². The van der Waals surface area contributed by atoms with Crippen molar-refractivity contribution < 1.29 is 23.4 Å². The van der Waals surface area contributed by atoms with E-state index in [1.165, 1.54) is 23.9 Å². The molecule has 0 heterocycles. The van der Waals surface area contributed by atoms with Gasteiger partial charge in [-0.3, -0.25) is 0 Å². The van der Waals surface area contributed by atoms with Crippen LogP contribution in [0.3, 0.4) is 0 Å². The maximum atomic E-state index is 11.2. The van der Waals surface area contributed by atoms with Gasteiger partial charge in [0.15, 0.2) is 0 Å². The van der Waals surface area contributed by atoms with Gasteiger partial charge in [-0.1, -0.05) is 0 Å². The molecule has 0 bridgehead atoms. The number of hydrogen-bond acceptors (Lipinski definition) is 6. The van der Waals surface area contributed by atoms with E-state index in [9.17, 15) is 18.6 Å². The van der Waals surface area contributed by atoms with Crippen LogP contribution < -0.4 is 5.14 Å². The molecule has 2 atom stereocenters. The molecule has 1 aromatic carbocycles. The van der Waals surface area contributed by atoms with E-state index >= 15 is 0 Å². The van der Waals surface area contributed by atoms with Crippen LogP contribution in [0.5, 0.6) is 0 Å². The molecule has 4 N–H and O–H groups in total. The number of thioether (sulfide) groups is 1. The first-order chi connectivity index (χ1) is 11.3. The van der Waals surface area contributed by atoms with Gasteiger partial charge < -0.3 is 0 Å². The standard InChI is InChI=1S/C15H23NO5S2Se/c1-2-7-21-8-12(17)10-24-11-13(18)9-22-14-3-5-15(6-4-14)23(16,19)20/h2-6,12-13,17-18H,1,7-11H2,(H2,16,19,20). The van der Waals surface area contributed by atoms with Crippen LogP contribution in [0.1, 0.15) is 0 Å². The molecule has 0 saturated carbocycles. The van der Waals surface area contributed by atoms with Crippen molar-refractivity contribution in [2.75, 3.05) is 19.0 Å². The van der Waals surface area contributed by atoms with Gasteiger partial charge in [-0.15, -0.1) is 0 Å². The summed E-state index contributed by atoms with van der Waals surface area (Å²) in [6, 6.07) is 6.24. The van der Waals surface area contributed by atoms with Gasteiger partial charge in [-0.05, 0) is 0 Å². The van der Waals surface area contributed by atoms with Crippen LogP contribution in [0, 0.1) is 0 Å². The summed E-state index contributed by atoms with van der Waals surface area (Å²) in [6.45, 7) is 4.24. The van der Waals surface area contributed by atoms with Gasteiger partial charge >= 0.3 is 154 Å². The monoisotopic (exact) mass is 441 g/mol. The fourth-order valence-corrected chi connectivity index (χ4v) is 5.20. The zero-order valence-electron chi connectivity index (χ0n) is 13.2. The Morgan fingerprint density at radius 2 is 1.88 bits per heavy atom. The van der Waals surface area contributed by atoms with Crippen LogP contribution in [-0.4, -0.2) is 64.8 Å². The number of hydrogen-bond donors (Lipinski definition) is 3. The molecule has 0 amide bonds. The van der Waals surface area contributed by atoms with Crippen molar-refractivity contribution >= 4 is 36.7 Å². The van der Waals surface area contributed by atoms with Crippen molar-refractivity contribution in [2.45, 2.75) is 32.6 Å². The first-order valence-corrected chi connectivity index (χ1v) is 12.2. The molecule has 0 aliphatic carbocycles. The fraction of sp³-hybridized carbons (Fsp3) is 0.467. The molecular weight excluding hydrogens is 417 g/mol. The minimum absolute atomic E-state index is 0.0726. The summed E-state index contributed by atoms with van der Waals surface area (Å²) < 4.78 is 27.5. The molecule has 0 saturated heterocycles. The normalized spacial score (nSPS) is 14.3.